The van der Waals surface area contributed by atoms with E-state index in [9.17, 15) is 25.2 Å². The third-order valence-electron chi connectivity index (χ3n) is 17.1. The molecule has 340 valence electrons. The highest BCUT2D eigenvalue weighted by Gasteiger charge is 2.71. The van der Waals surface area contributed by atoms with Crippen LogP contribution in [0, 0.1) is 34.5 Å². The number of esters is 1. The summed E-state index contributed by atoms with van der Waals surface area (Å²) in [5.41, 5.74) is 0.411. The first-order chi connectivity index (χ1) is 29.1. The Hall–Kier alpha value is -2.01. The van der Waals surface area contributed by atoms with Crippen molar-refractivity contribution in [3.63, 3.8) is 0 Å². The van der Waals surface area contributed by atoms with E-state index in [4.69, 9.17) is 33.2 Å². The molecule has 8 aliphatic rings. The van der Waals surface area contributed by atoms with Crippen molar-refractivity contribution in [3.05, 3.63) is 47.5 Å². The number of rotatable bonds is 9. The van der Waals surface area contributed by atoms with Gasteiger partial charge in [-0.1, -0.05) is 44.2 Å². The van der Waals surface area contributed by atoms with E-state index < -0.39 is 72.6 Å². The lowest BCUT2D eigenvalue weighted by molar-refractivity contribution is -0.329. The number of ether oxygens (including phenoxy) is 7. The maximum absolute atomic E-state index is 12.6. The minimum Gasteiger partial charge on any atom is -0.458 e. The summed E-state index contributed by atoms with van der Waals surface area (Å²) in [7, 11) is 0. The summed E-state index contributed by atoms with van der Waals surface area (Å²) in [6.45, 7) is 13.0. The van der Waals surface area contributed by atoms with Crippen LogP contribution in [-0.2, 0) is 44.5 Å². The molecule has 7 fully saturated rings. The Bertz CT molecular complexity index is 1710. The molecular weight excluding hydrogens is 783 g/mol. The molecule has 0 amide bonds. The van der Waals surface area contributed by atoms with Gasteiger partial charge in [0.2, 0.25) is 0 Å². The molecule has 0 radical (unpaired) electrons. The standard InChI is InChI=1S/C48H71NO12/c1-27-24-49(25-30-9-7-6-8-10-30)18-15-41(56-27)60-44-28(2)58-43(23-38(44)51)61-45-29(3)57-42(22-37(45)50)59-33-13-16-46(4)32(20-33)11-12-35-36(46)21-39(52)47(5)34(14-17-48(35,47)54)31-19-40(53)55-26-31/h6-10,19,27-29,32-39,41-45,50-52,54H,11-18,20-26H2,1-5H3/t27?,28-,29-,32?,33-,34+,35?,36?,37-,38-,39-,41?,42-,43-,44+,45+,46-,47-,48-/m0/s1. The van der Waals surface area contributed by atoms with Gasteiger partial charge in [-0.25, -0.2) is 4.79 Å². The van der Waals surface area contributed by atoms with Gasteiger partial charge >= 0.3 is 5.97 Å². The zero-order valence-corrected chi connectivity index (χ0v) is 36.8. The molecule has 4 saturated carbocycles. The molecule has 0 bridgehead atoms. The quantitative estimate of drug-likeness (QED) is 0.194. The largest absolute Gasteiger partial charge is 0.458 e. The predicted octanol–water partition coefficient (Wildman–Crippen LogP) is 5.00. The minimum absolute atomic E-state index is 0.0250. The maximum atomic E-state index is 12.6. The summed E-state index contributed by atoms with van der Waals surface area (Å²) >= 11 is 0. The van der Waals surface area contributed by atoms with Gasteiger partial charge < -0.3 is 53.6 Å². The number of nitrogens with zero attached hydrogens (tertiary/aromatic N) is 1. The fourth-order valence-electron chi connectivity index (χ4n) is 13.8. The number of carbonyl (C=O) groups is 1. The first-order valence-corrected chi connectivity index (χ1v) is 23.5. The number of hydrogen-bond donors (Lipinski definition) is 4. The van der Waals surface area contributed by atoms with Gasteiger partial charge in [-0.05, 0) is 112 Å². The molecule has 0 aromatic heterocycles. The molecule has 0 spiro atoms. The molecule has 13 nitrogen and oxygen atoms in total. The molecule has 4 heterocycles. The Kier molecular flexibility index (Phi) is 12.6. The Labute approximate surface area is 361 Å². The number of aliphatic hydroxyl groups excluding tert-OH is 3. The molecule has 1 aromatic carbocycles. The zero-order valence-electron chi connectivity index (χ0n) is 36.8. The van der Waals surface area contributed by atoms with E-state index in [0.717, 1.165) is 63.7 Å². The molecular formula is C48H71NO12. The van der Waals surface area contributed by atoms with E-state index in [1.54, 1.807) is 6.08 Å². The van der Waals surface area contributed by atoms with Crippen molar-refractivity contribution >= 4 is 5.97 Å². The fourth-order valence-corrected chi connectivity index (χ4v) is 13.8. The van der Waals surface area contributed by atoms with E-state index >= 15 is 0 Å². The monoisotopic (exact) mass is 853 g/mol. The van der Waals surface area contributed by atoms with Crippen molar-refractivity contribution in [1.29, 1.82) is 0 Å². The molecule has 5 unspecified atom stereocenters. The summed E-state index contributed by atoms with van der Waals surface area (Å²) in [6.07, 6.45) is 2.89. The average Bonchev–Trinajstić information content (AvgIpc) is 3.71. The van der Waals surface area contributed by atoms with Crippen molar-refractivity contribution in [2.24, 2.45) is 34.5 Å². The van der Waals surface area contributed by atoms with E-state index in [1.807, 2.05) is 19.9 Å². The predicted molar refractivity (Wildman–Crippen MR) is 222 cm³/mol. The van der Waals surface area contributed by atoms with Gasteiger partial charge in [0.1, 0.15) is 18.8 Å². The van der Waals surface area contributed by atoms with Crippen molar-refractivity contribution in [2.45, 2.75) is 191 Å². The van der Waals surface area contributed by atoms with E-state index in [1.165, 1.54) is 5.56 Å². The van der Waals surface area contributed by atoms with Crippen LogP contribution < -0.4 is 0 Å². The molecule has 4 N–H and O–H groups in total. The van der Waals surface area contributed by atoms with Crippen LogP contribution in [0.5, 0.6) is 0 Å². The SMILES string of the molecule is CC1CN(Cc2ccccc2)CCC(O[C@@H]2[C@H](C)O[C@@H](O[C@@H]3[C@H](C)O[C@@H](O[C@H]4CC[C@@]5(C)C(CCC6C5C[C@H](O)[C@]5(C)[C@@H](C7=CC(=O)OC7)CC[C@]65O)C4)C[C@@H]3O)C[C@@H]2O)O1. The number of carbonyl (C=O) groups excluding carboxylic acids is 1. The number of benzene rings is 1. The van der Waals surface area contributed by atoms with Crippen LogP contribution in [0.1, 0.15) is 111 Å². The second-order valence-corrected chi connectivity index (χ2v) is 20.6. The van der Waals surface area contributed by atoms with Gasteiger partial charge in [-0.3, -0.25) is 4.90 Å². The van der Waals surface area contributed by atoms with E-state index in [0.29, 0.717) is 25.2 Å². The van der Waals surface area contributed by atoms with Crippen molar-refractivity contribution in [3.8, 4) is 0 Å². The molecule has 3 saturated heterocycles. The normalized spacial score (nSPS) is 49.3. The van der Waals surface area contributed by atoms with Crippen LogP contribution in [0.4, 0.5) is 0 Å². The Morgan fingerprint density at radius 3 is 2.13 bits per heavy atom. The molecule has 61 heavy (non-hydrogen) atoms. The summed E-state index contributed by atoms with van der Waals surface area (Å²) in [5.74, 6) is 0.262. The van der Waals surface area contributed by atoms with Gasteiger partial charge in [-0.15, -0.1) is 0 Å². The Balaban J connectivity index is 0.750. The van der Waals surface area contributed by atoms with Gasteiger partial charge in [0.15, 0.2) is 18.9 Å². The summed E-state index contributed by atoms with van der Waals surface area (Å²) in [4.78, 5) is 14.4. The smallest absolute Gasteiger partial charge is 0.331 e. The average molecular weight is 854 g/mol. The second kappa shape index (κ2) is 17.4. The minimum atomic E-state index is -1.00. The van der Waals surface area contributed by atoms with Gasteiger partial charge in [0, 0.05) is 50.4 Å². The van der Waals surface area contributed by atoms with Gasteiger partial charge in [-0.2, -0.15) is 0 Å². The maximum Gasteiger partial charge on any atom is 0.331 e. The Morgan fingerprint density at radius 2 is 1.46 bits per heavy atom. The molecule has 1 aromatic rings. The third-order valence-corrected chi connectivity index (χ3v) is 17.1. The first kappa shape index (κ1) is 44.2. The number of aliphatic hydroxyl groups is 4. The lowest BCUT2D eigenvalue weighted by atomic mass is 9.42. The van der Waals surface area contributed by atoms with Crippen molar-refractivity contribution in [1.82, 2.24) is 4.90 Å². The van der Waals surface area contributed by atoms with Crippen LogP contribution in [0.25, 0.3) is 0 Å². The highest BCUT2D eigenvalue weighted by Crippen LogP contribution is 2.70. The van der Waals surface area contributed by atoms with E-state index in [-0.39, 0.29) is 60.8 Å². The van der Waals surface area contributed by atoms with Crippen LogP contribution in [-0.4, -0.2) is 130 Å². The lowest BCUT2D eigenvalue weighted by Gasteiger charge is -2.65. The molecule has 4 aliphatic carbocycles. The van der Waals surface area contributed by atoms with Crippen LogP contribution in [0.3, 0.4) is 0 Å². The fraction of sp³-hybridized carbons (Fsp3) is 0.812. The first-order valence-electron chi connectivity index (χ1n) is 23.5. The van der Waals surface area contributed by atoms with Gasteiger partial charge in [0.05, 0.1) is 48.3 Å². The summed E-state index contributed by atoms with van der Waals surface area (Å²) in [6, 6.07) is 10.4. The lowest BCUT2D eigenvalue weighted by Crippen LogP contribution is -2.67. The number of hydrogen-bond acceptors (Lipinski definition) is 13. The summed E-state index contributed by atoms with van der Waals surface area (Å²) < 4.78 is 43.5. The third kappa shape index (κ3) is 8.30. The molecule has 9 rings (SSSR count). The molecule has 4 aliphatic heterocycles. The number of fused-ring (bicyclic) bond motifs is 5. The second-order valence-electron chi connectivity index (χ2n) is 20.6. The highest BCUT2D eigenvalue weighted by molar-refractivity contribution is 5.85. The molecule has 13 heteroatoms. The zero-order chi connectivity index (χ0) is 42.8. The van der Waals surface area contributed by atoms with Crippen LogP contribution in [0.15, 0.2) is 42.0 Å². The topological polar surface area (TPSA) is 166 Å². The van der Waals surface area contributed by atoms with Crippen molar-refractivity contribution in [2.75, 3.05) is 19.7 Å². The van der Waals surface area contributed by atoms with Crippen molar-refractivity contribution < 1.29 is 58.4 Å². The Morgan fingerprint density at radius 1 is 0.770 bits per heavy atom. The van der Waals surface area contributed by atoms with Gasteiger partial charge in [0.25, 0.3) is 0 Å². The number of cyclic esters (lactones) is 1. The van der Waals surface area contributed by atoms with Crippen LogP contribution in [0.2, 0.25) is 0 Å². The molecule has 19 atom stereocenters. The highest BCUT2D eigenvalue weighted by atomic mass is 16.7. The van der Waals surface area contributed by atoms with Crippen LogP contribution >= 0.6 is 0 Å². The summed E-state index contributed by atoms with van der Waals surface area (Å²) in [5, 5.41) is 47.3. The van der Waals surface area contributed by atoms with E-state index in [2.05, 4.69) is 49.9 Å².